The maximum atomic E-state index is 10.6. The first-order valence-electron chi connectivity index (χ1n) is 6.80. The van der Waals surface area contributed by atoms with Crippen molar-refractivity contribution in [2.75, 3.05) is 19.8 Å². The zero-order valence-electron chi connectivity index (χ0n) is 11.3. The second-order valence-corrected chi connectivity index (χ2v) is 4.99. The van der Waals surface area contributed by atoms with Crippen molar-refractivity contribution < 1.29 is 14.6 Å². The molecule has 1 atom stereocenters. The Morgan fingerprint density at radius 2 is 2.05 bits per heavy atom. The fourth-order valence-electron chi connectivity index (χ4n) is 2.45. The largest absolute Gasteiger partial charge is 0.481 e. The van der Waals surface area contributed by atoms with Crippen LogP contribution in [0.3, 0.4) is 0 Å². The van der Waals surface area contributed by atoms with E-state index in [-0.39, 0.29) is 6.42 Å². The minimum atomic E-state index is -0.785. The third kappa shape index (κ3) is 4.04. The van der Waals surface area contributed by atoms with E-state index in [1.165, 1.54) is 5.56 Å². The Morgan fingerprint density at radius 3 is 2.68 bits per heavy atom. The molecular formula is C15H21NO3. The number of aliphatic carboxylic acids is 1. The van der Waals surface area contributed by atoms with Crippen molar-refractivity contribution in [3.05, 3.63) is 35.4 Å². The second kappa shape index (κ2) is 6.68. The van der Waals surface area contributed by atoms with E-state index < -0.39 is 5.97 Å². The summed E-state index contributed by atoms with van der Waals surface area (Å²) in [5.74, 6) is -0.785. The lowest BCUT2D eigenvalue weighted by molar-refractivity contribution is -0.136. The van der Waals surface area contributed by atoms with Crippen LogP contribution in [0.25, 0.3) is 0 Å². The molecule has 1 fully saturated rings. The van der Waals surface area contributed by atoms with Crippen LogP contribution >= 0.6 is 0 Å². The number of morpholine rings is 1. The van der Waals surface area contributed by atoms with Crippen LogP contribution in [0.5, 0.6) is 0 Å². The molecule has 104 valence electrons. The molecular weight excluding hydrogens is 242 g/mol. The fourth-order valence-corrected chi connectivity index (χ4v) is 2.45. The summed E-state index contributed by atoms with van der Waals surface area (Å²) in [6.45, 7) is 5.67. The van der Waals surface area contributed by atoms with Gasteiger partial charge < -0.3 is 9.84 Å². The molecule has 0 aliphatic carbocycles. The van der Waals surface area contributed by atoms with Gasteiger partial charge in [0, 0.05) is 19.1 Å². The van der Waals surface area contributed by atoms with Crippen LogP contribution in [-0.4, -0.2) is 41.8 Å². The molecule has 1 heterocycles. The molecule has 19 heavy (non-hydrogen) atoms. The van der Waals surface area contributed by atoms with Gasteiger partial charge in [0.25, 0.3) is 0 Å². The van der Waals surface area contributed by atoms with Crippen LogP contribution < -0.4 is 0 Å². The first-order valence-corrected chi connectivity index (χ1v) is 6.80. The van der Waals surface area contributed by atoms with Crippen LogP contribution in [0.4, 0.5) is 0 Å². The monoisotopic (exact) mass is 263 g/mol. The number of ether oxygens (including phenoxy) is 1. The SMILES string of the molecule is CCC1COCCN1Cc1ccc(CC(=O)O)cc1. The predicted octanol–water partition coefficient (Wildman–Crippen LogP) is 1.92. The summed E-state index contributed by atoms with van der Waals surface area (Å²) in [6, 6.07) is 8.36. The Kier molecular flexibility index (Phi) is 4.93. The molecule has 2 rings (SSSR count). The molecule has 0 spiro atoms. The fraction of sp³-hybridized carbons (Fsp3) is 0.533. The van der Waals surface area contributed by atoms with Gasteiger partial charge in [0.1, 0.15) is 0 Å². The second-order valence-electron chi connectivity index (χ2n) is 4.99. The molecule has 0 aromatic heterocycles. The van der Waals surface area contributed by atoms with Gasteiger partial charge in [-0.1, -0.05) is 31.2 Å². The van der Waals surface area contributed by atoms with Crippen molar-refractivity contribution >= 4 is 5.97 Å². The molecule has 1 N–H and O–H groups in total. The zero-order valence-corrected chi connectivity index (χ0v) is 11.3. The third-order valence-electron chi connectivity index (χ3n) is 3.58. The van der Waals surface area contributed by atoms with E-state index in [9.17, 15) is 4.79 Å². The van der Waals surface area contributed by atoms with Crippen molar-refractivity contribution in [3.8, 4) is 0 Å². The third-order valence-corrected chi connectivity index (χ3v) is 3.58. The van der Waals surface area contributed by atoms with E-state index >= 15 is 0 Å². The van der Waals surface area contributed by atoms with Gasteiger partial charge in [-0.3, -0.25) is 9.69 Å². The molecule has 1 aliphatic rings. The van der Waals surface area contributed by atoms with Crippen molar-refractivity contribution in [1.82, 2.24) is 4.90 Å². The van der Waals surface area contributed by atoms with Crippen molar-refractivity contribution in [1.29, 1.82) is 0 Å². The number of carboxylic acids is 1. The van der Waals surface area contributed by atoms with Crippen molar-refractivity contribution in [3.63, 3.8) is 0 Å². The normalized spacial score (nSPS) is 20.4. The summed E-state index contributed by atoms with van der Waals surface area (Å²) >= 11 is 0. The van der Waals surface area contributed by atoms with E-state index in [0.29, 0.717) is 6.04 Å². The molecule has 4 heteroatoms. The predicted molar refractivity (Wildman–Crippen MR) is 73.1 cm³/mol. The van der Waals surface area contributed by atoms with Gasteiger partial charge in [-0.2, -0.15) is 0 Å². The van der Waals surface area contributed by atoms with Gasteiger partial charge in [-0.05, 0) is 17.5 Å². The van der Waals surface area contributed by atoms with Crippen LogP contribution in [0, 0.1) is 0 Å². The van der Waals surface area contributed by atoms with Crippen LogP contribution in [0.2, 0.25) is 0 Å². The first kappa shape index (κ1) is 14.0. The summed E-state index contributed by atoms with van der Waals surface area (Å²) in [5, 5.41) is 8.74. The molecule has 0 radical (unpaired) electrons. The van der Waals surface area contributed by atoms with Gasteiger partial charge in [0.15, 0.2) is 0 Å². The van der Waals surface area contributed by atoms with Crippen molar-refractivity contribution in [2.24, 2.45) is 0 Å². The van der Waals surface area contributed by atoms with E-state index in [1.54, 1.807) is 0 Å². The number of carbonyl (C=O) groups is 1. The molecule has 0 saturated carbocycles. The van der Waals surface area contributed by atoms with Crippen LogP contribution in [-0.2, 0) is 22.5 Å². The molecule has 1 unspecified atom stereocenters. The molecule has 4 nitrogen and oxygen atoms in total. The first-order chi connectivity index (χ1) is 9.19. The summed E-state index contributed by atoms with van der Waals surface area (Å²) in [7, 11) is 0. The van der Waals surface area contributed by atoms with Crippen molar-refractivity contribution in [2.45, 2.75) is 32.4 Å². The van der Waals surface area contributed by atoms with Gasteiger partial charge in [0.05, 0.1) is 19.6 Å². The minimum Gasteiger partial charge on any atom is -0.481 e. The Morgan fingerprint density at radius 1 is 1.37 bits per heavy atom. The number of nitrogens with zero attached hydrogens (tertiary/aromatic N) is 1. The maximum Gasteiger partial charge on any atom is 0.307 e. The molecule has 1 saturated heterocycles. The van der Waals surface area contributed by atoms with Gasteiger partial charge in [-0.25, -0.2) is 0 Å². The van der Waals surface area contributed by atoms with Crippen LogP contribution in [0.15, 0.2) is 24.3 Å². The summed E-state index contributed by atoms with van der Waals surface area (Å²) in [5.41, 5.74) is 2.08. The lowest BCUT2D eigenvalue weighted by Crippen LogP contribution is -2.44. The highest BCUT2D eigenvalue weighted by atomic mass is 16.5. The Hall–Kier alpha value is -1.39. The lowest BCUT2D eigenvalue weighted by atomic mass is 10.1. The Balaban J connectivity index is 1.96. The molecule has 1 aromatic rings. The number of hydrogen-bond donors (Lipinski definition) is 1. The molecule has 0 amide bonds. The van der Waals surface area contributed by atoms with Crippen LogP contribution in [0.1, 0.15) is 24.5 Å². The van der Waals surface area contributed by atoms with E-state index in [1.807, 2.05) is 24.3 Å². The Bertz CT molecular complexity index is 416. The average molecular weight is 263 g/mol. The highest BCUT2D eigenvalue weighted by Gasteiger charge is 2.21. The standard InChI is InChI=1S/C15H21NO3/c1-2-14-11-19-8-7-16(14)10-13-5-3-12(4-6-13)9-15(17)18/h3-6,14H,2,7-11H2,1H3,(H,17,18). The Labute approximate surface area is 114 Å². The number of carboxylic acid groups (broad SMARTS) is 1. The smallest absolute Gasteiger partial charge is 0.307 e. The average Bonchev–Trinajstić information content (AvgIpc) is 2.41. The highest BCUT2D eigenvalue weighted by Crippen LogP contribution is 2.15. The summed E-state index contributed by atoms with van der Waals surface area (Å²) < 4.78 is 5.50. The van der Waals surface area contributed by atoms with Gasteiger partial charge in [0.2, 0.25) is 0 Å². The van der Waals surface area contributed by atoms with E-state index in [0.717, 1.165) is 38.3 Å². The topological polar surface area (TPSA) is 49.8 Å². The molecule has 0 bridgehead atoms. The molecule has 1 aromatic carbocycles. The summed E-state index contributed by atoms with van der Waals surface area (Å²) in [6.07, 6.45) is 1.19. The highest BCUT2D eigenvalue weighted by molar-refractivity contribution is 5.70. The maximum absolute atomic E-state index is 10.6. The van der Waals surface area contributed by atoms with Gasteiger partial charge in [-0.15, -0.1) is 0 Å². The number of rotatable bonds is 5. The zero-order chi connectivity index (χ0) is 13.7. The van der Waals surface area contributed by atoms with Gasteiger partial charge >= 0.3 is 5.97 Å². The van der Waals surface area contributed by atoms with E-state index in [4.69, 9.17) is 9.84 Å². The van der Waals surface area contributed by atoms with E-state index in [2.05, 4.69) is 11.8 Å². The molecule has 1 aliphatic heterocycles. The quantitative estimate of drug-likeness (QED) is 0.882. The number of hydrogen-bond acceptors (Lipinski definition) is 3. The number of benzene rings is 1. The summed E-state index contributed by atoms with van der Waals surface area (Å²) in [4.78, 5) is 13.1. The minimum absolute atomic E-state index is 0.0927. The lowest BCUT2D eigenvalue weighted by Gasteiger charge is -2.35.